The molecule has 0 radical (unpaired) electrons. The van der Waals surface area contributed by atoms with Crippen LogP contribution in [0.1, 0.15) is 78.1 Å². The number of rotatable bonds is 6. The molecule has 3 aromatic heterocycles. The van der Waals surface area contributed by atoms with Gasteiger partial charge in [0.2, 0.25) is 11.7 Å². The number of carbonyl (C=O) groups is 2. The van der Waals surface area contributed by atoms with Gasteiger partial charge >= 0.3 is 6.18 Å². The number of alkyl halides is 3. The largest absolute Gasteiger partial charge is 0.503 e. The van der Waals surface area contributed by atoms with Crippen molar-refractivity contribution >= 4 is 46.3 Å². The molecule has 14 nitrogen and oxygen atoms in total. The van der Waals surface area contributed by atoms with Gasteiger partial charge in [-0.25, -0.2) is 9.97 Å². The monoisotopic (exact) mass is 753 g/mol. The molecule has 18 heteroatoms. The molecule has 6 heterocycles. The number of amides is 2. The average Bonchev–Trinajstić information content (AvgIpc) is 3.68. The van der Waals surface area contributed by atoms with Crippen molar-refractivity contribution in [2.75, 3.05) is 49.6 Å². The highest BCUT2D eigenvalue weighted by atomic mass is 35.5. The Labute approximate surface area is 305 Å². The van der Waals surface area contributed by atoms with Gasteiger partial charge in [-0.3, -0.25) is 14.4 Å². The number of benzene rings is 1. The first kappa shape index (κ1) is 35.0. The topological polar surface area (TPSA) is 160 Å². The molecule has 0 saturated carbocycles. The molecule has 3 aliphatic heterocycles. The fourth-order valence-corrected chi connectivity index (χ4v) is 8.27. The normalized spacial score (nSPS) is 19.6. The third-order valence-corrected chi connectivity index (χ3v) is 11.1. The molecule has 2 amide bonds. The van der Waals surface area contributed by atoms with E-state index in [1.54, 1.807) is 9.47 Å². The minimum atomic E-state index is -4.61. The fourth-order valence-electron chi connectivity index (χ4n) is 8.04. The number of nitrogens with zero attached hydrogens (tertiary/aromatic N) is 8. The summed E-state index contributed by atoms with van der Waals surface area (Å²) >= 11 is 6.16. The van der Waals surface area contributed by atoms with E-state index in [4.69, 9.17) is 21.3 Å². The smallest absolute Gasteiger partial charge is 0.416 e. The molecule has 0 bridgehead atoms. The highest BCUT2D eigenvalue weighted by molar-refractivity contribution is 6.33. The standard InChI is InChI=1S/C35H35ClF3N9O5/c1-19-16-34(7-11-46(12-8-34)32(52)26-28(50)30(41-18-40-26)45-9-2-10-45)25-27(19)47(17-24(49)42-23-4-3-21(15-22(23)36)35(37,38)39)33-43-29(44-48(33)31(25)51)20-5-13-53-14-6-20/h3-5,15,18-19,50H,2,6-14,16-17H2,1H3,(H,42,49). The third kappa shape index (κ3) is 6.08. The van der Waals surface area contributed by atoms with Gasteiger partial charge < -0.3 is 29.5 Å². The van der Waals surface area contributed by atoms with Crippen LogP contribution < -0.4 is 15.8 Å². The van der Waals surface area contributed by atoms with Gasteiger partial charge in [-0.05, 0) is 61.8 Å². The Bertz CT molecular complexity index is 2240. The lowest BCUT2D eigenvalue weighted by Crippen LogP contribution is -2.47. The Balaban J connectivity index is 1.13. The second-order valence-corrected chi connectivity index (χ2v) is 14.4. The SMILES string of the molecule is CC1CC2(CCN(C(=O)c3ncnc(N4CCC4)c3O)CC2)c2c1n(CC(=O)Nc1ccc(C(F)(F)F)cc1Cl)c1nc(C3=CCOCC3)nn1c2=O. The summed E-state index contributed by atoms with van der Waals surface area (Å²) in [5.74, 6) is -0.661. The van der Waals surface area contributed by atoms with Crippen LogP contribution in [0, 0.1) is 0 Å². The van der Waals surface area contributed by atoms with Gasteiger partial charge in [0.25, 0.3) is 11.5 Å². The first-order chi connectivity index (χ1) is 25.3. The van der Waals surface area contributed by atoms with Crippen LogP contribution in [0.3, 0.4) is 0 Å². The Kier molecular flexibility index (Phi) is 8.67. The predicted octanol–water partition coefficient (Wildman–Crippen LogP) is 4.39. The van der Waals surface area contributed by atoms with Crippen molar-refractivity contribution in [3.63, 3.8) is 0 Å². The summed E-state index contributed by atoms with van der Waals surface area (Å²) in [5, 5.41) is 17.9. The summed E-state index contributed by atoms with van der Waals surface area (Å²) in [7, 11) is 0. The van der Waals surface area contributed by atoms with Crippen molar-refractivity contribution in [1.82, 2.24) is 34.0 Å². The first-order valence-electron chi connectivity index (χ1n) is 17.4. The molecule has 4 aliphatic rings. The number of likely N-dealkylation sites (tertiary alicyclic amines) is 1. The van der Waals surface area contributed by atoms with Gasteiger partial charge in [-0.15, -0.1) is 5.10 Å². The van der Waals surface area contributed by atoms with Crippen molar-refractivity contribution in [3.8, 4) is 5.75 Å². The highest BCUT2D eigenvalue weighted by Gasteiger charge is 2.49. The maximum atomic E-state index is 14.5. The van der Waals surface area contributed by atoms with Crippen LogP contribution in [0.15, 0.2) is 35.4 Å². The summed E-state index contributed by atoms with van der Waals surface area (Å²) in [5.41, 5.74) is -0.133. The Morgan fingerprint density at radius 1 is 1.15 bits per heavy atom. The van der Waals surface area contributed by atoms with E-state index in [9.17, 15) is 32.7 Å². The molecule has 8 rings (SSSR count). The number of aromatic hydroxyl groups is 1. The van der Waals surface area contributed by atoms with Crippen LogP contribution in [0.5, 0.6) is 5.75 Å². The number of ether oxygens (including phenoxy) is 1. The van der Waals surface area contributed by atoms with E-state index in [1.807, 2.05) is 17.9 Å². The second-order valence-electron chi connectivity index (χ2n) is 14.0. The number of fused-ring (bicyclic) bond motifs is 3. The average molecular weight is 754 g/mol. The van der Waals surface area contributed by atoms with Gasteiger partial charge in [0.05, 0.1) is 29.5 Å². The number of hydrogen-bond donors (Lipinski definition) is 2. The van der Waals surface area contributed by atoms with Gasteiger partial charge in [-0.1, -0.05) is 24.6 Å². The Morgan fingerprint density at radius 2 is 1.92 bits per heavy atom. The van der Waals surface area contributed by atoms with Crippen LogP contribution >= 0.6 is 11.6 Å². The van der Waals surface area contributed by atoms with Crippen LogP contribution in [-0.2, 0) is 27.7 Å². The molecular weight excluding hydrogens is 719 g/mol. The van der Waals surface area contributed by atoms with E-state index in [0.29, 0.717) is 61.8 Å². The molecule has 4 aromatic rings. The molecule has 1 atom stereocenters. The van der Waals surface area contributed by atoms with Gasteiger partial charge in [0, 0.05) is 42.9 Å². The zero-order chi connectivity index (χ0) is 37.2. The van der Waals surface area contributed by atoms with E-state index >= 15 is 0 Å². The van der Waals surface area contributed by atoms with Crippen molar-refractivity contribution in [2.24, 2.45) is 0 Å². The maximum Gasteiger partial charge on any atom is 0.416 e. The fraction of sp³-hybridized carbons (Fsp3) is 0.457. The minimum Gasteiger partial charge on any atom is -0.503 e. The number of halogens is 4. The van der Waals surface area contributed by atoms with Crippen LogP contribution in [0.25, 0.3) is 11.4 Å². The molecule has 2 saturated heterocycles. The number of hydrogen-bond acceptors (Lipinski definition) is 10. The predicted molar refractivity (Wildman–Crippen MR) is 186 cm³/mol. The van der Waals surface area contributed by atoms with Gasteiger partial charge in [0.15, 0.2) is 23.1 Å². The number of anilines is 2. The number of piperidine rings is 1. The van der Waals surface area contributed by atoms with Crippen molar-refractivity contribution < 1.29 is 32.6 Å². The summed E-state index contributed by atoms with van der Waals surface area (Å²) in [6.07, 6.45) is 1.44. The lowest BCUT2D eigenvalue weighted by molar-refractivity contribution is -0.137. The van der Waals surface area contributed by atoms with Crippen molar-refractivity contribution in [2.45, 2.75) is 63.1 Å². The van der Waals surface area contributed by atoms with E-state index in [2.05, 4.69) is 20.4 Å². The molecule has 1 aromatic carbocycles. The van der Waals surface area contributed by atoms with Crippen molar-refractivity contribution in [3.05, 3.63) is 74.3 Å². The maximum absolute atomic E-state index is 14.5. The number of aromatic nitrogens is 6. The molecule has 1 unspecified atom stereocenters. The van der Waals surface area contributed by atoms with Crippen LogP contribution in [0.4, 0.5) is 24.7 Å². The molecule has 1 spiro atoms. The summed E-state index contributed by atoms with van der Waals surface area (Å²) in [6, 6.07) is 2.68. The van der Waals surface area contributed by atoms with Crippen LogP contribution in [-0.4, -0.2) is 90.3 Å². The van der Waals surface area contributed by atoms with Crippen LogP contribution in [0.2, 0.25) is 5.02 Å². The van der Waals surface area contributed by atoms with Gasteiger partial charge in [-0.2, -0.15) is 22.7 Å². The highest BCUT2D eigenvalue weighted by Crippen LogP contribution is 2.50. The van der Waals surface area contributed by atoms with E-state index < -0.39 is 29.0 Å². The Morgan fingerprint density at radius 3 is 2.58 bits per heavy atom. The Hall–Kier alpha value is -5.03. The molecule has 2 N–H and O–H groups in total. The summed E-state index contributed by atoms with van der Waals surface area (Å²) < 4.78 is 48.1. The molecule has 53 heavy (non-hydrogen) atoms. The minimum absolute atomic E-state index is 0.00108. The molecule has 278 valence electrons. The van der Waals surface area contributed by atoms with Crippen molar-refractivity contribution in [1.29, 1.82) is 0 Å². The number of nitrogens with one attached hydrogen (secondary N) is 1. The summed E-state index contributed by atoms with van der Waals surface area (Å²) in [4.78, 5) is 58.3. The lowest BCUT2D eigenvalue weighted by Gasteiger charge is -2.39. The quantitative estimate of drug-likeness (QED) is 0.289. The molecule has 2 fully saturated rings. The van der Waals surface area contributed by atoms with E-state index in [-0.39, 0.29) is 59.0 Å². The summed E-state index contributed by atoms with van der Waals surface area (Å²) in [6.45, 7) is 4.50. The van der Waals surface area contributed by atoms with Gasteiger partial charge in [0.1, 0.15) is 12.9 Å². The molecule has 1 aliphatic carbocycles. The zero-order valence-electron chi connectivity index (χ0n) is 28.6. The van der Waals surface area contributed by atoms with E-state index in [1.165, 1.54) is 10.8 Å². The second kappa shape index (κ2) is 13.1. The third-order valence-electron chi connectivity index (χ3n) is 10.8. The van der Waals surface area contributed by atoms with E-state index in [0.717, 1.165) is 43.3 Å². The first-order valence-corrected chi connectivity index (χ1v) is 17.8. The number of carbonyl (C=O) groups excluding carboxylic acids is 2. The lowest BCUT2D eigenvalue weighted by atomic mass is 9.73. The zero-order valence-corrected chi connectivity index (χ0v) is 29.4. The molecular formula is C35H35ClF3N9O5.